The van der Waals surface area contributed by atoms with Gasteiger partial charge < -0.3 is 20.7 Å². The predicted molar refractivity (Wildman–Crippen MR) is 138 cm³/mol. The number of benzene rings is 1. The summed E-state index contributed by atoms with van der Waals surface area (Å²) in [6, 6.07) is 5.94. The number of nitrogens with one attached hydrogen (secondary N) is 1. The van der Waals surface area contributed by atoms with E-state index >= 15 is 0 Å². The zero-order valence-corrected chi connectivity index (χ0v) is 21.2. The molecule has 0 spiro atoms. The lowest BCUT2D eigenvalue weighted by molar-refractivity contribution is 0.268. The van der Waals surface area contributed by atoms with E-state index in [1.165, 1.54) is 39.2 Å². The molecule has 0 bridgehead atoms. The van der Waals surface area contributed by atoms with Crippen molar-refractivity contribution in [2.45, 2.75) is 76.8 Å². The maximum absolute atomic E-state index is 14.3. The summed E-state index contributed by atoms with van der Waals surface area (Å²) in [5.41, 5.74) is 7.06. The van der Waals surface area contributed by atoms with Crippen LogP contribution in [0.3, 0.4) is 0 Å². The van der Waals surface area contributed by atoms with Gasteiger partial charge in [-0.05, 0) is 62.9 Å². The van der Waals surface area contributed by atoms with Crippen molar-refractivity contribution in [3.8, 4) is 5.75 Å². The van der Waals surface area contributed by atoms with Gasteiger partial charge in [0, 0.05) is 25.2 Å². The fraction of sp³-hybridized carbons (Fsp3) is 0.654. The number of methoxy groups -OCH3 is 1. The van der Waals surface area contributed by atoms with Crippen LogP contribution in [0.5, 0.6) is 5.75 Å². The minimum absolute atomic E-state index is 0.227. The van der Waals surface area contributed by atoms with Gasteiger partial charge >= 0.3 is 0 Å². The number of aromatic nitrogens is 3. The Morgan fingerprint density at radius 2 is 1.91 bits per heavy atom. The topological polar surface area (TPSA) is 92.4 Å². The SMILES string of the molecule is CCN1CCCC1CN(CCc1ccc(OC)c(F)c1)c1nc(N)nc(NC2CCCCCC2)n1. The molecule has 35 heavy (non-hydrogen) atoms. The summed E-state index contributed by atoms with van der Waals surface area (Å²) in [5.74, 6) is 1.29. The number of nitrogens with two attached hydrogens (primary N) is 1. The van der Waals surface area contributed by atoms with E-state index in [9.17, 15) is 4.39 Å². The fourth-order valence-electron chi connectivity index (χ4n) is 5.37. The van der Waals surface area contributed by atoms with Crippen molar-refractivity contribution in [2.24, 2.45) is 0 Å². The summed E-state index contributed by atoms with van der Waals surface area (Å²) in [5, 5.41) is 3.52. The second-order valence-electron chi connectivity index (χ2n) is 9.74. The first-order valence-corrected chi connectivity index (χ1v) is 13.1. The molecule has 1 saturated carbocycles. The third-order valence-corrected chi connectivity index (χ3v) is 7.34. The van der Waals surface area contributed by atoms with Gasteiger partial charge in [0.2, 0.25) is 17.8 Å². The number of likely N-dealkylation sites (N-methyl/N-ethyl adjacent to an activating group) is 1. The normalized spacial score (nSPS) is 19.5. The molecule has 2 aromatic rings. The first kappa shape index (κ1) is 25.4. The third-order valence-electron chi connectivity index (χ3n) is 7.34. The van der Waals surface area contributed by atoms with Crippen molar-refractivity contribution in [1.29, 1.82) is 0 Å². The molecular formula is C26H40FN7O. The summed E-state index contributed by atoms with van der Waals surface area (Å²) >= 11 is 0. The first-order valence-electron chi connectivity index (χ1n) is 13.1. The molecule has 4 rings (SSSR count). The highest BCUT2D eigenvalue weighted by molar-refractivity contribution is 5.43. The number of hydrogen-bond donors (Lipinski definition) is 2. The van der Waals surface area contributed by atoms with Gasteiger partial charge in [0.1, 0.15) is 0 Å². The van der Waals surface area contributed by atoms with Crippen molar-refractivity contribution in [1.82, 2.24) is 19.9 Å². The average Bonchev–Trinajstić information content (AvgIpc) is 3.15. The Morgan fingerprint density at radius 1 is 1.11 bits per heavy atom. The van der Waals surface area contributed by atoms with Gasteiger partial charge in [-0.1, -0.05) is 38.7 Å². The fourth-order valence-corrected chi connectivity index (χ4v) is 5.37. The summed E-state index contributed by atoms with van der Waals surface area (Å²) < 4.78 is 19.3. The van der Waals surface area contributed by atoms with Crippen LogP contribution in [0.1, 0.15) is 63.9 Å². The van der Waals surface area contributed by atoms with Crippen molar-refractivity contribution in [3.63, 3.8) is 0 Å². The van der Waals surface area contributed by atoms with E-state index in [2.05, 4.69) is 32.0 Å². The molecule has 0 amide bonds. The number of ether oxygens (including phenoxy) is 1. The van der Waals surface area contributed by atoms with Crippen molar-refractivity contribution in [3.05, 3.63) is 29.6 Å². The van der Waals surface area contributed by atoms with E-state index in [-0.39, 0.29) is 17.5 Å². The Kier molecular flexibility index (Phi) is 8.95. The molecule has 2 fully saturated rings. The molecule has 2 aliphatic rings. The number of likely N-dealkylation sites (tertiary alicyclic amines) is 1. The van der Waals surface area contributed by atoms with Gasteiger partial charge in [0.05, 0.1) is 7.11 Å². The van der Waals surface area contributed by atoms with Crippen LogP contribution in [0, 0.1) is 5.82 Å². The third kappa shape index (κ3) is 6.93. The maximum Gasteiger partial charge on any atom is 0.232 e. The molecule has 192 valence electrons. The molecular weight excluding hydrogens is 445 g/mol. The highest BCUT2D eigenvalue weighted by Gasteiger charge is 2.27. The monoisotopic (exact) mass is 485 g/mol. The van der Waals surface area contributed by atoms with Crippen molar-refractivity contribution < 1.29 is 9.13 Å². The minimum Gasteiger partial charge on any atom is -0.494 e. The van der Waals surface area contributed by atoms with E-state index in [0.717, 1.165) is 44.5 Å². The molecule has 1 aliphatic carbocycles. The molecule has 0 radical (unpaired) electrons. The molecule has 1 aromatic carbocycles. The molecule has 3 N–H and O–H groups in total. The minimum atomic E-state index is -0.344. The second kappa shape index (κ2) is 12.3. The second-order valence-corrected chi connectivity index (χ2v) is 9.74. The molecule has 9 heteroatoms. The molecule has 1 saturated heterocycles. The van der Waals surface area contributed by atoms with Crippen molar-refractivity contribution in [2.75, 3.05) is 49.2 Å². The highest BCUT2D eigenvalue weighted by Crippen LogP contribution is 2.24. The quantitative estimate of drug-likeness (QED) is 0.482. The van der Waals surface area contributed by atoms with Crippen LogP contribution in [0.25, 0.3) is 0 Å². The van der Waals surface area contributed by atoms with Crippen LogP contribution in [0.2, 0.25) is 0 Å². The Balaban J connectivity index is 1.53. The zero-order valence-electron chi connectivity index (χ0n) is 21.2. The van der Waals surface area contributed by atoms with Crippen LogP contribution >= 0.6 is 0 Å². The van der Waals surface area contributed by atoms with Gasteiger partial charge in [0.15, 0.2) is 11.6 Å². The lowest BCUT2D eigenvalue weighted by Gasteiger charge is -2.30. The first-order chi connectivity index (χ1) is 17.1. The van der Waals surface area contributed by atoms with E-state index in [0.29, 0.717) is 36.9 Å². The van der Waals surface area contributed by atoms with Crippen molar-refractivity contribution >= 4 is 17.8 Å². The van der Waals surface area contributed by atoms with Gasteiger partial charge in [-0.2, -0.15) is 15.0 Å². The average molecular weight is 486 g/mol. The van der Waals surface area contributed by atoms with Crippen LogP contribution in [0.4, 0.5) is 22.2 Å². The van der Waals surface area contributed by atoms with Gasteiger partial charge in [0.25, 0.3) is 0 Å². The van der Waals surface area contributed by atoms with Crippen LogP contribution < -0.4 is 20.7 Å². The summed E-state index contributed by atoms with van der Waals surface area (Å²) in [7, 11) is 1.48. The number of nitrogen functional groups attached to an aromatic ring is 1. The standard InChI is InChI=1S/C26H40FN7O/c1-3-33-15-8-11-21(33)18-34(16-14-19-12-13-23(35-2)22(27)17-19)26-31-24(28)30-25(32-26)29-20-9-6-4-5-7-10-20/h12-13,17,20-21H,3-11,14-16,18H2,1-2H3,(H3,28,29,30,31,32). The lowest BCUT2D eigenvalue weighted by atomic mass is 10.1. The molecule has 1 unspecified atom stereocenters. The number of hydrogen-bond acceptors (Lipinski definition) is 8. The van der Waals surface area contributed by atoms with Crippen LogP contribution in [0.15, 0.2) is 18.2 Å². The molecule has 1 atom stereocenters. The summed E-state index contributed by atoms with van der Waals surface area (Å²) in [6.07, 6.45) is 10.3. The number of halogens is 1. The Bertz CT molecular complexity index is 951. The number of nitrogens with zero attached hydrogens (tertiary/aromatic N) is 5. The van der Waals surface area contributed by atoms with E-state index in [4.69, 9.17) is 15.5 Å². The number of rotatable bonds is 10. The van der Waals surface area contributed by atoms with E-state index < -0.39 is 0 Å². The van der Waals surface area contributed by atoms with Gasteiger partial charge in [-0.25, -0.2) is 4.39 Å². The Hall–Kier alpha value is -2.68. The smallest absolute Gasteiger partial charge is 0.232 e. The van der Waals surface area contributed by atoms with Crippen LogP contribution in [-0.2, 0) is 6.42 Å². The number of anilines is 3. The molecule has 1 aliphatic heterocycles. The zero-order chi connectivity index (χ0) is 24.6. The maximum atomic E-state index is 14.3. The van der Waals surface area contributed by atoms with Crippen LogP contribution in [-0.4, -0.2) is 65.2 Å². The molecule has 8 nitrogen and oxygen atoms in total. The van der Waals surface area contributed by atoms with Gasteiger partial charge in [-0.3, -0.25) is 4.90 Å². The summed E-state index contributed by atoms with van der Waals surface area (Å²) in [4.78, 5) is 18.4. The molecule has 2 heterocycles. The predicted octanol–water partition coefficient (Wildman–Crippen LogP) is 4.27. The Morgan fingerprint density at radius 3 is 2.63 bits per heavy atom. The summed E-state index contributed by atoms with van der Waals surface area (Å²) in [6.45, 7) is 5.81. The lowest BCUT2D eigenvalue weighted by Crippen LogP contribution is -2.42. The molecule has 1 aromatic heterocycles. The largest absolute Gasteiger partial charge is 0.494 e. The van der Waals surface area contributed by atoms with Gasteiger partial charge in [-0.15, -0.1) is 0 Å². The van der Waals surface area contributed by atoms with E-state index in [1.54, 1.807) is 12.1 Å². The van der Waals surface area contributed by atoms with E-state index in [1.807, 2.05) is 6.07 Å². The highest BCUT2D eigenvalue weighted by atomic mass is 19.1. The Labute approximate surface area is 208 Å².